The van der Waals surface area contributed by atoms with Gasteiger partial charge in [0.2, 0.25) is 0 Å². The zero-order chi connectivity index (χ0) is 13.7. The van der Waals surface area contributed by atoms with Crippen molar-refractivity contribution in [3.05, 3.63) is 16.1 Å². The Labute approximate surface area is 113 Å². The number of hydrogen-bond acceptors (Lipinski definition) is 4. The molecule has 1 aromatic rings. The van der Waals surface area contributed by atoms with Gasteiger partial charge >= 0.3 is 0 Å². The number of carbonyl (C=O) groups is 1. The van der Waals surface area contributed by atoms with Gasteiger partial charge in [-0.25, -0.2) is 4.98 Å². The molecule has 1 heterocycles. The predicted octanol–water partition coefficient (Wildman–Crippen LogP) is 2.72. The van der Waals surface area contributed by atoms with Crippen molar-refractivity contribution in [2.45, 2.75) is 52.6 Å². The first-order valence-corrected chi connectivity index (χ1v) is 7.30. The van der Waals surface area contributed by atoms with Gasteiger partial charge in [0.05, 0.1) is 6.04 Å². The minimum atomic E-state index is -0.116. The van der Waals surface area contributed by atoms with E-state index in [4.69, 9.17) is 5.73 Å². The van der Waals surface area contributed by atoms with E-state index in [0.29, 0.717) is 11.6 Å². The van der Waals surface area contributed by atoms with Crippen LogP contribution in [-0.4, -0.2) is 16.9 Å². The second-order valence-corrected chi connectivity index (χ2v) is 6.10. The highest BCUT2D eigenvalue weighted by atomic mass is 32.1. The molecular weight excluding hydrogens is 246 g/mol. The number of nitrogens with two attached hydrogens (primary N) is 1. The molecule has 1 amide bonds. The minimum Gasteiger partial charge on any atom is -0.348 e. The SMILES string of the molecule is CC(C)CCC(C)NC(=O)c1csc(C(C)N)n1. The van der Waals surface area contributed by atoms with Crippen molar-refractivity contribution >= 4 is 17.2 Å². The molecule has 4 nitrogen and oxygen atoms in total. The van der Waals surface area contributed by atoms with E-state index in [1.54, 1.807) is 5.38 Å². The van der Waals surface area contributed by atoms with E-state index in [9.17, 15) is 4.79 Å². The maximum Gasteiger partial charge on any atom is 0.270 e. The van der Waals surface area contributed by atoms with Crippen molar-refractivity contribution in [3.8, 4) is 0 Å². The van der Waals surface area contributed by atoms with E-state index in [-0.39, 0.29) is 18.0 Å². The molecule has 102 valence electrons. The standard InChI is InChI=1S/C13H23N3OS/c1-8(2)5-6-9(3)15-12(17)11-7-18-13(16-11)10(4)14/h7-10H,5-6,14H2,1-4H3,(H,15,17). The molecule has 1 aromatic heterocycles. The van der Waals surface area contributed by atoms with E-state index in [1.165, 1.54) is 11.3 Å². The van der Waals surface area contributed by atoms with Gasteiger partial charge in [-0.1, -0.05) is 13.8 Å². The molecule has 0 saturated heterocycles. The van der Waals surface area contributed by atoms with Crippen molar-refractivity contribution in [1.29, 1.82) is 0 Å². The Morgan fingerprint density at radius 1 is 1.39 bits per heavy atom. The third-order valence-corrected chi connectivity index (χ3v) is 3.74. The van der Waals surface area contributed by atoms with Gasteiger partial charge in [0.25, 0.3) is 5.91 Å². The Morgan fingerprint density at radius 2 is 2.06 bits per heavy atom. The van der Waals surface area contributed by atoms with Gasteiger partial charge in [0.1, 0.15) is 10.7 Å². The molecule has 0 radical (unpaired) electrons. The number of carbonyl (C=O) groups excluding carboxylic acids is 1. The predicted molar refractivity (Wildman–Crippen MR) is 75.7 cm³/mol. The van der Waals surface area contributed by atoms with E-state index >= 15 is 0 Å². The van der Waals surface area contributed by atoms with Crippen LogP contribution in [0.5, 0.6) is 0 Å². The van der Waals surface area contributed by atoms with Gasteiger partial charge in [-0.05, 0) is 32.6 Å². The Kier molecular flexibility index (Phi) is 5.75. The van der Waals surface area contributed by atoms with Crippen molar-refractivity contribution in [1.82, 2.24) is 10.3 Å². The number of thiazole rings is 1. The molecule has 2 atom stereocenters. The summed E-state index contributed by atoms with van der Waals surface area (Å²) in [6.07, 6.45) is 2.11. The van der Waals surface area contributed by atoms with Crippen LogP contribution in [0.1, 0.15) is 62.1 Å². The van der Waals surface area contributed by atoms with Crippen LogP contribution < -0.4 is 11.1 Å². The summed E-state index contributed by atoms with van der Waals surface area (Å²) < 4.78 is 0. The van der Waals surface area contributed by atoms with Crippen LogP contribution in [-0.2, 0) is 0 Å². The molecule has 0 saturated carbocycles. The largest absolute Gasteiger partial charge is 0.348 e. The molecule has 5 heteroatoms. The summed E-state index contributed by atoms with van der Waals surface area (Å²) in [6, 6.07) is 0.0651. The Morgan fingerprint density at radius 3 is 2.56 bits per heavy atom. The van der Waals surface area contributed by atoms with Crippen molar-refractivity contribution in [3.63, 3.8) is 0 Å². The number of nitrogens with zero attached hydrogens (tertiary/aromatic N) is 1. The first kappa shape index (κ1) is 15.1. The highest BCUT2D eigenvalue weighted by molar-refractivity contribution is 7.09. The molecular formula is C13H23N3OS. The first-order chi connectivity index (χ1) is 8.40. The van der Waals surface area contributed by atoms with Crippen LogP contribution in [0, 0.1) is 5.92 Å². The number of nitrogens with one attached hydrogen (secondary N) is 1. The quantitative estimate of drug-likeness (QED) is 0.834. The van der Waals surface area contributed by atoms with Crippen LogP contribution in [0.15, 0.2) is 5.38 Å². The average molecular weight is 269 g/mol. The topological polar surface area (TPSA) is 68.0 Å². The van der Waals surface area contributed by atoms with Gasteiger partial charge in [0, 0.05) is 11.4 Å². The molecule has 0 aliphatic heterocycles. The van der Waals surface area contributed by atoms with Gasteiger partial charge in [-0.15, -0.1) is 11.3 Å². The maximum atomic E-state index is 11.9. The van der Waals surface area contributed by atoms with Crippen LogP contribution in [0.25, 0.3) is 0 Å². The lowest BCUT2D eigenvalue weighted by Crippen LogP contribution is -2.33. The summed E-state index contributed by atoms with van der Waals surface area (Å²) in [5, 5.41) is 5.54. The molecule has 0 spiro atoms. The first-order valence-electron chi connectivity index (χ1n) is 6.42. The van der Waals surface area contributed by atoms with E-state index in [1.807, 2.05) is 13.8 Å². The van der Waals surface area contributed by atoms with Gasteiger partial charge in [0.15, 0.2) is 0 Å². The lowest BCUT2D eigenvalue weighted by atomic mass is 10.0. The van der Waals surface area contributed by atoms with Gasteiger partial charge in [-0.3, -0.25) is 4.79 Å². The van der Waals surface area contributed by atoms with Crippen LogP contribution >= 0.6 is 11.3 Å². The molecule has 1 rings (SSSR count). The lowest BCUT2D eigenvalue weighted by molar-refractivity contribution is 0.0932. The molecule has 2 unspecified atom stereocenters. The van der Waals surface area contributed by atoms with E-state index in [2.05, 4.69) is 24.1 Å². The number of amides is 1. The summed E-state index contributed by atoms with van der Waals surface area (Å²) in [7, 11) is 0. The Bertz CT molecular complexity index is 387. The zero-order valence-electron chi connectivity index (χ0n) is 11.6. The fraction of sp³-hybridized carbons (Fsp3) is 0.692. The molecule has 0 fully saturated rings. The van der Waals surface area contributed by atoms with Crippen LogP contribution in [0.3, 0.4) is 0 Å². The van der Waals surface area contributed by atoms with Gasteiger partial charge < -0.3 is 11.1 Å². The lowest BCUT2D eigenvalue weighted by Gasteiger charge is -2.14. The highest BCUT2D eigenvalue weighted by Gasteiger charge is 2.14. The smallest absolute Gasteiger partial charge is 0.270 e. The third kappa shape index (κ3) is 4.74. The molecule has 3 N–H and O–H groups in total. The Hall–Kier alpha value is -0.940. The average Bonchev–Trinajstić information content (AvgIpc) is 2.75. The Balaban J connectivity index is 2.48. The van der Waals surface area contributed by atoms with Crippen molar-refractivity contribution in [2.24, 2.45) is 11.7 Å². The molecule has 18 heavy (non-hydrogen) atoms. The van der Waals surface area contributed by atoms with Crippen LogP contribution in [0.4, 0.5) is 0 Å². The summed E-state index contributed by atoms with van der Waals surface area (Å²) in [5.74, 6) is 0.558. The fourth-order valence-electron chi connectivity index (χ4n) is 1.55. The van der Waals surface area contributed by atoms with E-state index < -0.39 is 0 Å². The maximum absolute atomic E-state index is 11.9. The van der Waals surface area contributed by atoms with E-state index in [0.717, 1.165) is 17.8 Å². The highest BCUT2D eigenvalue weighted by Crippen LogP contribution is 2.16. The monoisotopic (exact) mass is 269 g/mol. The molecule has 0 aliphatic rings. The fourth-order valence-corrected chi connectivity index (χ4v) is 2.31. The second-order valence-electron chi connectivity index (χ2n) is 5.21. The number of aromatic nitrogens is 1. The summed E-state index contributed by atoms with van der Waals surface area (Å²) in [5.41, 5.74) is 6.20. The van der Waals surface area contributed by atoms with Crippen molar-refractivity contribution in [2.75, 3.05) is 0 Å². The molecule has 0 aromatic carbocycles. The normalized spacial score (nSPS) is 14.6. The minimum absolute atomic E-state index is 0.102. The number of rotatable bonds is 6. The zero-order valence-corrected chi connectivity index (χ0v) is 12.4. The molecule has 0 bridgehead atoms. The van der Waals surface area contributed by atoms with Crippen LogP contribution in [0.2, 0.25) is 0 Å². The van der Waals surface area contributed by atoms with Crippen molar-refractivity contribution < 1.29 is 4.79 Å². The third-order valence-electron chi connectivity index (χ3n) is 2.70. The molecule has 0 aliphatic carbocycles. The second kappa shape index (κ2) is 6.85. The number of hydrogen-bond donors (Lipinski definition) is 2. The summed E-state index contributed by atoms with van der Waals surface area (Å²) in [6.45, 7) is 8.26. The summed E-state index contributed by atoms with van der Waals surface area (Å²) in [4.78, 5) is 16.2. The summed E-state index contributed by atoms with van der Waals surface area (Å²) >= 11 is 1.43. The van der Waals surface area contributed by atoms with Gasteiger partial charge in [-0.2, -0.15) is 0 Å².